The van der Waals surface area contributed by atoms with Crippen molar-refractivity contribution in [3.05, 3.63) is 82.0 Å². The van der Waals surface area contributed by atoms with Crippen molar-refractivity contribution in [3.8, 4) is 11.1 Å². The third kappa shape index (κ3) is 4.41. The number of aliphatic carboxylic acids is 1. The lowest BCUT2D eigenvalue weighted by atomic mass is 9.98. The van der Waals surface area contributed by atoms with E-state index in [1.54, 1.807) is 6.07 Å². The van der Waals surface area contributed by atoms with Gasteiger partial charge in [0.25, 0.3) is 5.91 Å². The van der Waals surface area contributed by atoms with Gasteiger partial charge in [-0.25, -0.2) is 4.79 Å². The van der Waals surface area contributed by atoms with Crippen molar-refractivity contribution >= 4 is 29.3 Å². The Morgan fingerprint density at radius 1 is 1.03 bits per heavy atom. The molecule has 3 aromatic rings. The summed E-state index contributed by atoms with van der Waals surface area (Å²) in [5.41, 5.74) is 4.50. The van der Waals surface area contributed by atoms with Gasteiger partial charge in [0, 0.05) is 23.9 Å². The first-order valence-corrected chi connectivity index (χ1v) is 12.5. The first kappa shape index (κ1) is 23.1. The number of rotatable bonds is 6. The average molecular weight is 491 g/mol. The number of carbonyl (C=O) groups is 3. The Hall–Kier alpha value is -3.65. The van der Waals surface area contributed by atoms with E-state index in [0.29, 0.717) is 11.4 Å². The third-order valence-electron chi connectivity index (χ3n) is 6.92. The van der Waals surface area contributed by atoms with Gasteiger partial charge in [0.15, 0.2) is 0 Å². The van der Waals surface area contributed by atoms with Crippen LogP contribution < -0.4 is 5.32 Å². The second kappa shape index (κ2) is 9.54. The molecule has 7 nitrogen and oxygen atoms in total. The summed E-state index contributed by atoms with van der Waals surface area (Å²) in [5.74, 6) is -2.09. The van der Waals surface area contributed by atoms with Crippen molar-refractivity contribution in [2.24, 2.45) is 11.8 Å². The number of thiophene rings is 1. The van der Waals surface area contributed by atoms with Gasteiger partial charge in [-0.2, -0.15) is 0 Å². The fraction of sp³-hybridized carbons (Fsp3) is 0.296. The Labute approximate surface area is 207 Å². The van der Waals surface area contributed by atoms with Crippen molar-refractivity contribution in [3.63, 3.8) is 0 Å². The molecule has 1 aliphatic heterocycles. The molecule has 2 aliphatic rings. The maximum absolute atomic E-state index is 13.4. The van der Waals surface area contributed by atoms with Crippen LogP contribution in [0.2, 0.25) is 0 Å². The van der Waals surface area contributed by atoms with Crippen LogP contribution >= 0.6 is 11.3 Å². The van der Waals surface area contributed by atoms with E-state index in [9.17, 15) is 19.5 Å². The van der Waals surface area contributed by atoms with Crippen molar-refractivity contribution in [2.45, 2.75) is 18.9 Å². The largest absolute Gasteiger partial charge is 0.481 e. The first-order valence-electron chi connectivity index (χ1n) is 11.6. The van der Waals surface area contributed by atoms with Gasteiger partial charge in [-0.15, -0.1) is 11.3 Å². The molecule has 2 heterocycles. The highest BCUT2D eigenvalue weighted by atomic mass is 32.1. The Bertz CT molecular complexity index is 1210. The lowest BCUT2D eigenvalue weighted by Gasteiger charge is -2.24. The summed E-state index contributed by atoms with van der Waals surface area (Å²) in [7, 11) is 0. The molecule has 2 amide bonds. The number of nitrogens with one attached hydrogen (secondary N) is 1. The van der Waals surface area contributed by atoms with Gasteiger partial charge in [-0.05, 0) is 39.6 Å². The van der Waals surface area contributed by atoms with Crippen LogP contribution in [0.1, 0.15) is 34.9 Å². The van der Waals surface area contributed by atoms with Gasteiger partial charge in [0.1, 0.15) is 12.6 Å². The number of benzene rings is 2. The van der Waals surface area contributed by atoms with Gasteiger partial charge in [-0.3, -0.25) is 9.59 Å². The van der Waals surface area contributed by atoms with Gasteiger partial charge in [-0.1, -0.05) is 61.5 Å². The van der Waals surface area contributed by atoms with Crippen LogP contribution in [0.25, 0.3) is 11.1 Å². The van der Waals surface area contributed by atoms with Crippen molar-refractivity contribution < 1.29 is 24.2 Å². The van der Waals surface area contributed by atoms with Gasteiger partial charge < -0.3 is 20.1 Å². The minimum atomic E-state index is -0.926. The van der Waals surface area contributed by atoms with E-state index in [2.05, 4.69) is 17.4 Å². The Morgan fingerprint density at radius 2 is 1.69 bits per heavy atom. The van der Waals surface area contributed by atoms with Crippen LogP contribution in [0.3, 0.4) is 0 Å². The van der Waals surface area contributed by atoms with Gasteiger partial charge in [0.2, 0.25) is 0 Å². The number of amides is 2. The minimum Gasteiger partial charge on any atom is -0.481 e. The average Bonchev–Trinajstić information content (AvgIpc) is 3.59. The molecule has 0 bridgehead atoms. The van der Waals surface area contributed by atoms with Crippen LogP contribution in [-0.4, -0.2) is 47.7 Å². The first-order chi connectivity index (χ1) is 16.9. The molecule has 35 heavy (non-hydrogen) atoms. The zero-order chi connectivity index (χ0) is 24.5. The lowest BCUT2D eigenvalue weighted by molar-refractivity contribution is -0.142. The Balaban J connectivity index is 1.30. The molecular formula is C27H26N2O5S. The SMILES string of the molecule is CC1CN(C(=O)C(NC(=O)OCC2c3ccccc3-c3ccccc32)c2cccs2)CC1C(=O)O. The van der Waals surface area contributed by atoms with E-state index < -0.39 is 24.0 Å². The molecule has 2 N–H and O–H groups in total. The number of likely N-dealkylation sites (tertiary alicyclic amines) is 1. The van der Waals surface area contributed by atoms with Gasteiger partial charge >= 0.3 is 12.1 Å². The fourth-order valence-electron chi connectivity index (χ4n) is 5.12. The van der Waals surface area contributed by atoms with Gasteiger partial charge in [0.05, 0.1) is 5.92 Å². The van der Waals surface area contributed by atoms with E-state index in [1.165, 1.54) is 16.2 Å². The quantitative estimate of drug-likeness (QED) is 0.530. The monoisotopic (exact) mass is 490 g/mol. The molecule has 3 unspecified atom stereocenters. The molecule has 180 valence electrons. The smallest absolute Gasteiger partial charge is 0.408 e. The summed E-state index contributed by atoms with van der Waals surface area (Å²) in [6.45, 7) is 2.44. The summed E-state index contributed by atoms with van der Waals surface area (Å²) in [6.07, 6.45) is -0.680. The summed E-state index contributed by atoms with van der Waals surface area (Å²) < 4.78 is 5.65. The minimum absolute atomic E-state index is 0.0835. The molecule has 1 aliphatic carbocycles. The number of carbonyl (C=O) groups excluding carboxylic acids is 2. The van der Waals surface area contributed by atoms with Crippen LogP contribution in [-0.2, 0) is 14.3 Å². The van der Waals surface area contributed by atoms with E-state index in [-0.39, 0.29) is 30.9 Å². The molecule has 0 saturated carbocycles. The number of ether oxygens (including phenoxy) is 1. The van der Waals surface area contributed by atoms with Crippen LogP contribution in [0.4, 0.5) is 4.79 Å². The number of hydrogen-bond acceptors (Lipinski definition) is 5. The van der Waals surface area contributed by atoms with Crippen LogP contribution in [0.5, 0.6) is 0 Å². The Morgan fingerprint density at radius 3 is 2.26 bits per heavy atom. The van der Waals surface area contributed by atoms with Crippen LogP contribution in [0.15, 0.2) is 66.0 Å². The predicted molar refractivity (Wildman–Crippen MR) is 132 cm³/mol. The molecule has 1 fully saturated rings. The van der Waals surface area contributed by atoms with Crippen LogP contribution in [0, 0.1) is 11.8 Å². The van der Waals surface area contributed by atoms with E-state index >= 15 is 0 Å². The molecule has 2 aromatic carbocycles. The molecule has 5 rings (SSSR count). The fourth-order valence-corrected chi connectivity index (χ4v) is 5.89. The second-order valence-corrected chi connectivity index (χ2v) is 10.1. The molecule has 0 radical (unpaired) electrons. The number of fused-ring (bicyclic) bond motifs is 3. The maximum atomic E-state index is 13.4. The van der Waals surface area contributed by atoms with Crippen molar-refractivity contribution in [1.82, 2.24) is 10.2 Å². The number of carboxylic acids is 1. The molecule has 1 aromatic heterocycles. The molecule has 1 saturated heterocycles. The van der Waals surface area contributed by atoms with E-state index in [0.717, 1.165) is 22.3 Å². The van der Waals surface area contributed by atoms with Crippen molar-refractivity contribution in [1.29, 1.82) is 0 Å². The molecular weight excluding hydrogens is 464 g/mol. The topological polar surface area (TPSA) is 95.9 Å². The zero-order valence-corrected chi connectivity index (χ0v) is 20.0. The Kier molecular flexibility index (Phi) is 6.30. The highest BCUT2D eigenvalue weighted by Crippen LogP contribution is 2.44. The number of carboxylic acid groups (broad SMARTS) is 1. The summed E-state index contributed by atoms with van der Waals surface area (Å²) >= 11 is 1.36. The summed E-state index contributed by atoms with van der Waals surface area (Å²) in [5, 5.41) is 14.0. The number of hydrogen-bond donors (Lipinski definition) is 2. The zero-order valence-electron chi connectivity index (χ0n) is 19.2. The van der Waals surface area contributed by atoms with E-state index in [4.69, 9.17) is 4.74 Å². The number of nitrogens with zero attached hydrogens (tertiary/aromatic N) is 1. The molecule has 8 heteroatoms. The van der Waals surface area contributed by atoms with E-state index in [1.807, 2.05) is 54.8 Å². The predicted octanol–water partition coefficient (Wildman–Crippen LogP) is 4.51. The molecule has 3 atom stereocenters. The van der Waals surface area contributed by atoms with Crippen molar-refractivity contribution in [2.75, 3.05) is 19.7 Å². The highest BCUT2D eigenvalue weighted by Gasteiger charge is 2.40. The maximum Gasteiger partial charge on any atom is 0.408 e. The second-order valence-electron chi connectivity index (χ2n) is 9.08. The normalized spacial score (nSPS) is 19.6. The lowest BCUT2D eigenvalue weighted by Crippen LogP contribution is -2.42. The third-order valence-corrected chi connectivity index (χ3v) is 7.86. The molecule has 0 spiro atoms. The summed E-state index contributed by atoms with van der Waals surface area (Å²) in [4.78, 5) is 40.0. The standard InChI is InChI=1S/C27H26N2O5S/c1-16-13-29(14-21(16)26(31)32)25(30)24(23-11-6-12-35-23)28-27(33)34-15-22-19-9-4-2-7-17(19)18-8-3-5-10-20(18)22/h2-12,16,21-22,24H,13-15H2,1H3,(H,28,33)(H,31,32). The summed E-state index contributed by atoms with van der Waals surface area (Å²) in [6, 6.07) is 18.9. The number of alkyl carbamates (subject to hydrolysis) is 1. The highest BCUT2D eigenvalue weighted by molar-refractivity contribution is 7.10.